The number of aromatic nitrogens is 2. The molecule has 4 rings (SSSR count). The van der Waals surface area contributed by atoms with Crippen LogP contribution < -0.4 is 20.1 Å². The molecule has 1 aliphatic heterocycles. The molecule has 0 radical (unpaired) electrons. The number of pyridine rings is 1. The Morgan fingerprint density at radius 1 is 1.14 bits per heavy atom. The highest BCUT2D eigenvalue weighted by Gasteiger charge is 2.27. The third-order valence-corrected chi connectivity index (χ3v) is 6.06. The number of amides is 2. The summed E-state index contributed by atoms with van der Waals surface area (Å²) >= 11 is 0. The minimum Gasteiger partial charge on any atom is -0.493 e. The molecule has 2 N–H and O–H groups in total. The van der Waals surface area contributed by atoms with Crippen LogP contribution >= 0.6 is 12.4 Å². The Hall–Kier alpha value is -3.66. The molecule has 36 heavy (non-hydrogen) atoms. The standard InChI is InChI=1S/C25H31N5O5.ClH/c1-5-30-19-8-9-21(33-3)23(34-4)18(19)13-20(30)24(31)28-16-7-10-22(26-14-16)27-17-11-12-29(15-17)25(32)35-6-2;/h7-10,13-14,17H,5-6,11-12,15H2,1-4H3,(H,26,27)(H,28,31);1H. The molecule has 0 saturated carbocycles. The van der Waals surface area contributed by atoms with Gasteiger partial charge in [0.2, 0.25) is 0 Å². The third kappa shape index (κ3) is 5.43. The molecule has 11 heteroatoms. The van der Waals surface area contributed by atoms with Crippen molar-refractivity contribution in [2.24, 2.45) is 0 Å². The zero-order valence-electron chi connectivity index (χ0n) is 20.9. The highest BCUT2D eigenvalue weighted by molar-refractivity contribution is 6.07. The summed E-state index contributed by atoms with van der Waals surface area (Å²) < 4.78 is 17.9. The van der Waals surface area contributed by atoms with Crippen LogP contribution in [0.3, 0.4) is 0 Å². The highest BCUT2D eigenvalue weighted by Crippen LogP contribution is 2.37. The molecule has 2 aromatic heterocycles. The summed E-state index contributed by atoms with van der Waals surface area (Å²) in [6, 6.07) is 9.28. The number of likely N-dealkylation sites (tertiary alicyclic amines) is 1. The lowest BCUT2D eigenvalue weighted by Gasteiger charge is -2.16. The lowest BCUT2D eigenvalue weighted by atomic mass is 10.2. The Bertz CT molecular complexity index is 1210. The van der Waals surface area contributed by atoms with Crippen LogP contribution in [0.25, 0.3) is 10.9 Å². The van der Waals surface area contributed by atoms with E-state index in [9.17, 15) is 9.59 Å². The first-order valence-corrected chi connectivity index (χ1v) is 11.7. The van der Waals surface area contributed by atoms with E-state index in [0.29, 0.717) is 54.9 Å². The fourth-order valence-electron chi connectivity index (χ4n) is 4.40. The minimum atomic E-state index is -0.289. The van der Waals surface area contributed by atoms with Gasteiger partial charge >= 0.3 is 6.09 Å². The number of anilines is 2. The number of nitrogens with one attached hydrogen (secondary N) is 2. The molecule has 10 nitrogen and oxygen atoms in total. The Morgan fingerprint density at radius 2 is 1.94 bits per heavy atom. The molecule has 194 valence electrons. The van der Waals surface area contributed by atoms with Gasteiger partial charge < -0.3 is 34.3 Å². The molecular weight excluding hydrogens is 486 g/mol. The van der Waals surface area contributed by atoms with E-state index in [1.54, 1.807) is 38.3 Å². The van der Waals surface area contributed by atoms with E-state index in [1.807, 2.05) is 35.8 Å². The van der Waals surface area contributed by atoms with Gasteiger partial charge in [0.05, 0.1) is 38.2 Å². The molecule has 1 atom stereocenters. The summed E-state index contributed by atoms with van der Waals surface area (Å²) in [7, 11) is 3.17. The molecule has 3 aromatic rings. The number of benzene rings is 1. The topological polar surface area (TPSA) is 107 Å². The second-order valence-electron chi connectivity index (χ2n) is 8.17. The van der Waals surface area contributed by atoms with Crippen LogP contribution in [0, 0.1) is 0 Å². The molecule has 3 heterocycles. The van der Waals surface area contributed by atoms with Crippen molar-refractivity contribution in [2.45, 2.75) is 32.9 Å². The predicted octanol–water partition coefficient (Wildman–Crippen LogP) is 4.39. The molecule has 0 aliphatic carbocycles. The van der Waals surface area contributed by atoms with Crippen molar-refractivity contribution in [3.05, 3.63) is 42.2 Å². The Balaban J connectivity index is 0.00000361. The number of carbonyl (C=O) groups is 2. The molecule has 1 aliphatic rings. The fourth-order valence-corrected chi connectivity index (χ4v) is 4.40. The number of methoxy groups -OCH3 is 2. The van der Waals surface area contributed by atoms with Gasteiger partial charge in [0.25, 0.3) is 5.91 Å². The van der Waals surface area contributed by atoms with Crippen LogP contribution in [-0.2, 0) is 11.3 Å². The average Bonchev–Trinajstić information content (AvgIpc) is 3.49. The monoisotopic (exact) mass is 517 g/mol. The highest BCUT2D eigenvalue weighted by atomic mass is 35.5. The van der Waals surface area contributed by atoms with Gasteiger partial charge in [-0.2, -0.15) is 0 Å². The van der Waals surface area contributed by atoms with Crippen LogP contribution in [-0.4, -0.2) is 66.4 Å². The van der Waals surface area contributed by atoms with Crippen molar-refractivity contribution in [2.75, 3.05) is 44.5 Å². The molecule has 0 bridgehead atoms. The lowest BCUT2D eigenvalue weighted by Crippen LogP contribution is -2.32. The number of nitrogens with zero attached hydrogens (tertiary/aromatic N) is 3. The number of hydrogen-bond acceptors (Lipinski definition) is 7. The van der Waals surface area contributed by atoms with E-state index in [-0.39, 0.29) is 30.4 Å². The van der Waals surface area contributed by atoms with Gasteiger partial charge in [-0.3, -0.25) is 4.79 Å². The average molecular weight is 518 g/mol. The predicted molar refractivity (Wildman–Crippen MR) is 141 cm³/mol. The van der Waals surface area contributed by atoms with Crippen LogP contribution in [0.5, 0.6) is 11.5 Å². The van der Waals surface area contributed by atoms with E-state index < -0.39 is 0 Å². The quantitative estimate of drug-likeness (QED) is 0.456. The number of hydrogen-bond donors (Lipinski definition) is 2. The molecule has 1 aromatic carbocycles. The van der Waals surface area contributed by atoms with Gasteiger partial charge in [-0.1, -0.05) is 0 Å². The zero-order chi connectivity index (χ0) is 24.9. The number of ether oxygens (including phenoxy) is 3. The van der Waals surface area contributed by atoms with Crippen molar-refractivity contribution in [1.29, 1.82) is 0 Å². The number of fused-ring (bicyclic) bond motifs is 1. The number of halogens is 1. The number of aryl methyl sites for hydroxylation is 1. The van der Waals surface area contributed by atoms with Crippen molar-refractivity contribution in [3.8, 4) is 11.5 Å². The first-order chi connectivity index (χ1) is 17.0. The van der Waals surface area contributed by atoms with Crippen molar-refractivity contribution in [1.82, 2.24) is 14.5 Å². The van der Waals surface area contributed by atoms with E-state index in [1.165, 1.54) is 0 Å². The maximum atomic E-state index is 13.1. The summed E-state index contributed by atoms with van der Waals surface area (Å²) in [5.74, 6) is 1.64. The first-order valence-electron chi connectivity index (χ1n) is 11.7. The van der Waals surface area contributed by atoms with E-state index in [2.05, 4.69) is 15.6 Å². The molecule has 1 saturated heterocycles. The minimum absolute atomic E-state index is 0. The van der Waals surface area contributed by atoms with Gasteiger partial charge in [-0.15, -0.1) is 12.4 Å². The smallest absolute Gasteiger partial charge is 0.409 e. The summed E-state index contributed by atoms with van der Waals surface area (Å²) in [4.78, 5) is 31.1. The van der Waals surface area contributed by atoms with Gasteiger partial charge in [-0.05, 0) is 50.6 Å². The van der Waals surface area contributed by atoms with Gasteiger partial charge in [0, 0.05) is 31.1 Å². The Morgan fingerprint density at radius 3 is 2.58 bits per heavy atom. The van der Waals surface area contributed by atoms with Crippen LogP contribution in [0.2, 0.25) is 0 Å². The van der Waals surface area contributed by atoms with Crippen molar-refractivity contribution >= 4 is 46.8 Å². The van der Waals surface area contributed by atoms with Crippen LogP contribution in [0.1, 0.15) is 30.8 Å². The molecule has 1 fully saturated rings. The van der Waals surface area contributed by atoms with Crippen molar-refractivity contribution in [3.63, 3.8) is 0 Å². The maximum Gasteiger partial charge on any atom is 0.409 e. The van der Waals surface area contributed by atoms with E-state index in [0.717, 1.165) is 17.3 Å². The van der Waals surface area contributed by atoms with E-state index in [4.69, 9.17) is 14.2 Å². The lowest BCUT2D eigenvalue weighted by molar-refractivity contribution is 0.101. The Labute approximate surface area is 216 Å². The maximum absolute atomic E-state index is 13.1. The molecule has 1 unspecified atom stereocenters. The largest absolute Gasteiger partial charge is 0.493 e. The summed E-state index contributed by atoms with van der Waals surface area (Å²) in [6.45, 7) is 5.97. The fraction of sp³-hybridized carbons (Fsp3) is 0.400. The van der Waals surface area contributed by atoms with Crippen LogP contribution in [0.15, 0.2) is 36.5 Å². The summed E-state index contributed by atoms with van der Waals surface area (Å²) in [5.41, 5.74) is 1.99. The molecular formula is C25H32ClN5O5. The summed E-state index contributed by atoms with van der Waals surface area (Å²) in [5, 5.41) is 7.07. The summed E-state index contributed by atoms with van der Waals surface area (Å²) in [6.07, 6.45) is 2.14. The molecule has 2 amide bonds. The number of carbonyl (C=O) groups excluding carboxylic acids is 2. The van der Waals surface area contributed by atoms with Gasteiger partial charge in [0.15, 0.2) is 11.5 Å². The van der Waals surface area contributed by atoms with Gasteiger partial charge in [-0.25, -0.2) is 9.78 Å². The SMILES string of the molecule is CCOC(=O)N1CCC(Nc2ccc(NC(=O)c3cc4c(OC)c(OC)ccc4n3CC)cn2)C1.Cl. The van der Waals surface area contributed by atoms with Gasteiger partial charge in [0.1, 0.15) is 11.5 Å². The second-order valence-corrected chi connectivity index (χ2v) is 8.17. The third-order valence-electron chi connectivity index (χ3n) is 6.06. The van der Waals surface area contributed by atoms with E-state index >= 15 is 0 Å². The van der Waals surface area contributed by atoms with Crippen molar-refractivity contribution < 1.29 is 23.8 Å². The molecule has 0 spiro atoms. The van der Waals surface area contributed by atoms with Crippen LogP contribution in [0.4, 0.5) is 16.3 Å². The first kappa shape index (κ1) is 26.9. The normalized spacial score (nSPS) is 14.8. The zero-order valence-corrected chi connectivity index (χ0v) is 21.7. The Kier molecular flexibility index (Phi) is 8.87. The number of rotatable bonds is 8. The second kappa shape index (κ2) is 11.9.